The molecule has 1 heterocycles. The van der Waals surface area contributed by atoms with Gasteiger partial charge in [-0.2, -0.15) is 13.2 Å². The molecule has 1 unspecified atom stereocenters. The number of carboxylic acid groups (broad SMARTS) is 1. The van der Waals surface area contributed by atoms with E-state index >= 15 is 0 Å². The predicted octanol–water partition coefficient (Wildman–Crippen LogP) is 1.67. The smallest absolute Gasteiger partial charge is 0.389 e. The zero-order valence-electron chi connectivity index (χ0n) is 10.4. The number of carbonyl (C=O) groups is 1. The first-order valence-electron chi connectivity index (χ1n) is 5.85. The molecule has 0 bridgehead atoms. The van der Waals surface area contributed by atoms with Crippen LogP contribution in [-0.2, 0) is 17.8 Å². The van der Waals surface area contributed by atoms with E-state index in [2.05, 4.69) is 15.5 Å². The summed E-state index contributed by atoms with van der Waals surface area (Å²) in [5.74, 6) is -1.02. The Labute approximate surface area is 107 Å². The lowest BCUT2D eigenvalue weighted by molar-refractivity contribution is -0.138. The minimum absolute atomic E-state index is 0.0604. The Morgan fingerprint density at radius 1 is 1.47 bits per heavy atom. The molecule has 0 amide bonds. The molecule has 1 N–H and O–H groups in total. The van der Waals surface area contributed by atoms with E-state index in [1.54, 1.807) is 0 Å². The Kier molecular flexibility index (Phi) is 5.25. The Balaban J connectivity index is 2.63. The van der Waals surface area contributed by atoms with E-state index in [-0.39, 0.29) is 31.1 Å². The van der Waals surface area contributed by atoms with Crippen molar-refractivity contribution in [1.82, 2.24) is 20.2 Å². The first-order valence-corrected chi connectivity index (χ1v) is 5.85. The van der Waals surface area contributed by atoms with E-state index in [0.29, 0.717) is 6.42 Å². The Bertz CT molecular complexity index is 419. The molecule has 0 saturated carbocycles. The molecule has 6 nitrogen and oxygen atoms in total. The third-order valence-electron chi connectivity index (χ3n) is 2.71. The average Bonchev–Trinajstić information content (AvgIpc) is 2.71. The minimum Gasteiger partial charge on any atom is -0.481 e. The van der Waals surface area contributed by atoms with Crippen molar-refractivity contribution >= 4 is 5.97 Å². The number of carboxylic acids is 1. The fourth-order valence-corrected chi connectivity index (χ4v) is 1.63. The lowest BCUT2D eigenvalue weighted by Gasteiger charge is -2.13. The summed E-state index contributed by atoms with van der Waals surface area (Å²) in [4.78, 5) is 10.6. The van der Waals surface area contributed by atoms with Crippen LogP contribution in [0.5, 0.6) is 0 Å². The molecule has 0 aliphatic carbocycles. The first kappa shape index (κ1) is 15.4. The van der Waals surface area contributed by atoms with Crippen LogP contribution in [0.25, 0.3) is 0 Å². The van der Waals surface area contributed by atoms with Crippen molar-refractivity contribution in [1.29, 1.82) is 0 Å². The van der Waals surface area contributed by atoms with Crippen molar-refractivity contribution in [3.05, 3.63) is 5.82 Å². The minimum atomic E-state index is -4.26. The van der Waals surface area contributed by atoms with Crippen molar-refractivity contribution in [2.45, 2.75) is 45.3 Å². The SMILES string of the molecule is CCC(CC(=O)O)Cn1nnnc1CCC(F)(F)F. The second kappa shape index (κ2) is 6.48. The maximum absolute atomic E-state index is 12.1. The summed E-state index contributed by atoms with van der Waals surface area (Å²) < 4.78 is 37.6. The van der Waals surface area contributed by atoms with Crippen LogP contribution in [0.3, 0.4) is 0 Å². The Morgan fingerprint density at radius 3 is 2.68 bits per heavy atom. The molecule has 1 aromatic heterocycles. The van der Waals surface area contributed by atoms with Crippen LogP contribution in [0, 0.1) is 5.92 Å². The molecule has 108 valence electrons. The third-order valence-corrected chi connectivity index (χ3v) is 2.71. The molecule has 0 saturated heterocycles. The number of nitrogens with zero attached hydrogens (tertiary/aromatic N) is 4. The molecule has 9 heteroatoms. The van der Waals surface area contributed by atoms with Crippen LogP contribution in [0.2, 0.25) is 0 Å². The van der Waals surface area contributed by atoms with Crippen LogP contribution < -0.4 is 0 Å². The molecule has 1 rings (SSSR count). The molecule has 19 heavy (non-hydrogen) atoms. The van der Waals surface area contributed by atoms with Gasteiger partial charge >= 0.3 is 12.1 Å². The number of aromatic nitrogens is 4. The van der Waals surface area contributed by atoms with E-state index in [1.165, 1.54) is 4.68 Å². The van der Waals surface area contributed by atoms with Gasteiger partial charge in [-0.15, -0.1) is 5.10 Å². The highest BCUT2D eigenvalue weighted by atomic mass is 19.4. The molecular formula is C10H15F3N4O2. The number of rotatable bonds is 7. The number of aryl methyl sites for hydroxylation is 1. The van der Waals surface area contributed by atoms with Gasteiger partial charge in [-0.05, 0) is 16.3 Å². The van der Waals surface area contributed by atoms with E-state index in [9.17, 15) is 18.0 Å². The fraction of sp³-hybridized carbons (Fsp3) is 0.800. The number of aliphatic carboxylic acids is 1. The summed E-state index contributed by atoms with van der Waals surface area (Å²) in [6.45, 7) is 2.02. The highest BCUT2D eigenvalue weighted by Gasteiger charge is 2.28. The quantitative estimate of drug-likeness (QED) is 0.821. The molecule has 0 fully saturated rings. The van der Waals surface area contributed by atoms with Gasteiger partial charge in [-0.1, -0.05) is 13.3 Å². The maximum Gasteiger partial charge on any atom is 0.389 e. The largest absolute Gasteiger partial charge is 0.481 e. The standard InChI is InChI=1S/C10H15F3N4O2/c1-2-7(5-9(18)19)6-17-8(14-15-16-17)3-4-10(11,12)13/h7H,2-6H2,1H3,(H,18,19). The van der Waals surface area contributed by atoms with Crippen LogP contribution >= 0.6 is 0 Å². The van der Waals surface area contributed by atoms with E-state index in [0.717, 1.165) is 0 Å². The molecule has 0 aromatic carbocycles. The molecular weight excluding hydrogens is 265 g/mol. The van der Waals surface area contributed by atoms with Gasteiger partial charge in [0.05, 0.1) is 6.42 Å². The topological polar surface area (TPSA) is 80.9 Å². The van der Waals surface area contributed by atoms with Gasteiger partial charge in [-0.3, -0.25) is 4.79 Å². The highest BCUT2D eigenvalue weighted by molar-refractivity contribution is 5.66. The Morgan fingerprint density at radius 2 is 2.16 bits per heavy atom. The van der Waals surface area contributed by atoms with Gasteiger partial charge in [0.15, 0.2) is 5.82 Å². The van der Waals surface area contributed by atoms with Crippen LogP contribution in [-0.4, -0.2) is 37.5 Å². The zero-order chi connectivity index (χ0) is 14.5. The van der Waals surface area contributed by atoms with Crippen molar-refractivity contribution in [2.24, 2.45) is 5.92 Å². The van der Waals surface area contributed by atoms with Crippen LogP contribution in [0.15, 0.2) is 0 Å². The average molecular weight is 280 g/mol. The van der Waals surface area contributed by atoms with Gasteiger partial charge in [0.2, 0.25) is 0 Å². The predicted molar refractivity (Wildman–Crippen MR) is 58.2 cm³/mol. The van der Waals surface area contributed by atoms with Gasteiger partial charge in [0.1, 0.15) is 0 Å². The molecule has 0 aliphatic rings. The summed E-state index contributed by atoms with van der Waals surface area (Å²) in [6.07, 6.45) is -5.04. The van der Waals surface area contributed by atoms with Crippen molar-refractivity contribution in [3.63, 3.8) is 0 Å². The molecule has 0 radical (unpaired) electrons. The summed E-state index contributed by atoms with van der Waals surface area (Å²) >= 11 is 0. The monoisotopic (exact) mass is 280 g/mol. The van der Waals surface area contributed by atoms with Gasteiger partial charge in [-0.25, -0.2) is 4.68 Å². The van der Waals surface area contributed by atoms with Gasteiger partial charge in [0, 0.05) is 19.4 Å². The van der Waals surface area contributed by atoms with Crippen LogP contribution in [0.4, 0.5) is 13.2 Å². The van der Waals surface area contributed by atoms with Crippen LogP contribution in [0.1, 0.15) is 32.0 Å². The lowest BCUT2D eigenvalue weighted by Crippen LogP contribution is -2.18. The van der Waals surface area contributed by atoms with Gasteiger partial charge in [0.25, 0.3) is 0 Å². The highest BCUT2D eigenvalue weighted by Crippen LogP contribution is 2.21. The summed E-state index contributed by atoms with van der Waals surface area (Å²) in [5.41, 5.74) is 0. The van der Waals surface area contributed by atoms with Crippen molar-refractivity contribution < 1.29 is 23.1 Å². The Hall–Kier alpha value is -1.67. The number of tetrazole rings is 1. The lowest BCUT2D eigenvalue weighted by atomic mass is 10.0. The molecule has 0 aliphatic heterocycles. The molecule has 1 aromatic rings. The van der Waals surface area contributed by atoms with E-state index in [4.69, 9.17) is 5.11 Å². The van der Waals surface area contributed by atoms with Gasteiger partial charge < -0.3 is 5.11 Å². The second-order valence-corrected chi connectivity index (χ2v) is 4.26. The number of halogens is 3. The van der Waals surface area contributed by atoms with E-state index in [1.807, 2.05) is 6.92 Å². The number of hydrogen-bond acceptors (Lipinski definition) is 4. The molecule has 1 atom stereocenters. The van der Waals surface area contributed by atoms with E-state index < -0.39 is 18.6 Å². The summed E-state index contributed by atoms with van der Waals surface area (Å²) in [7, 11) is 0. The van der Waals surface area contributed by atoms with Crippen molar-refractivity contribution in [3.8, 4) is 0 Å². The number of hydrogen-bond donors (Lipinski definition) is 1. The fourth-order valence-electron chi connectivity index (χ4n) is 1.63. The van der Waals surface area contributed by atoms with Crippen molar-refractivity contribution in [2.75, 3.05) is 0 Å². The number of alkyl halides is 3. The second-order valence-electron chi connectivity index (χ2n) is 4.26. The first-order chi connectivity index (χ1) is 8.81. The normalized spacial score (nSPS) is 13.5. The summed E-state index contributed by atoms with van der Waals surface area (Å²) in [5, 5.41) is 19.2. The maximum atomic E-state index is 12.1. The zero-order valence-corrected chi connectivity index (χ0v) is 10.4. The molecule has 0 spiro atoms. The summed E-state index contributed by atoms with van der Waals surface area (Å²) in [6, 6.07) is 0. The third kappa shape index (κ3) is 5.66.